The van der Waals surface area contributed by atoms with Crippen LogP contribution in [0.4, 0.5) is 16.2 Å². The monoisotopic (exact) mass is 389 g/mol. The standard InChI is InChI=1S/C19H26N4O5/c1-10(2)15(17(25)21-16(11(3)4)18(26)27)22-19(28)23-9-14(24)20-12-7-5-6-8-13(12)23/h5-8,10-11,15-16H,9H2,1-4H3,(H,20,24)(H,21,25)(H,22,28)(H,26,27)/p-1/t15-,16+/m0/s1. The molecule has 0 saturated heterocycles. The molecule has 1 aromatic rings. The number of fused-ring (bicyclic) bond motifs is 1. The summed E-state index contributed by atoms with van der Waals surface area (Å²) in [6.07, 6.45) is 0. The second-order valence-electron chi connectivity index (χ2n) is 7.37. The smallest absolute Gasteiger partial charge is 0.323 e. The molecule has 0 radical (unpaired) electrons. The first-order chi connectivity index (χ1) is 13.1. The summed E-state index contributed by atoms with van der Waals surface area (Å²) in [6.45, 7) is 6.55. The minimum atomic E-state index is -1.39. The molecule has 1 aliphatic rings. The molecule has 0 unspecified atom stereocenters. The van der Waals surface area contributed by atoms with E-state index in [4.69, 9.17) is 0 Å². The highest BCUT2D eigenvalue weighted by Crippen LogP contribution is 2.28. The van der Waals surface area contributed by atoms with Crippen LogP contribution in [0.2, 0.25) is 0 Å². The zero-order chi connectivity index (χ0) is 21.0. The average Bonchev–Trinajstić information content (AvgIpc) is 2.62. The van der Waals surface area contributed by atoms with E-state index in [-0.39, 0.29) is 24.3 Å². The number of aliphatic carboxylic acids is 1. The molecule has 0 aromatic heterocycles. The molecule has 9 nitrogen and oxygen atoms in total. The van der Waals surface area contributed by atoms with E-state index < -0.39 is 30.0 Å². The van der Waals surface area contributed by atoms with Gasteiger partial charge in [0.25, 0.3) is 0 Å². The fraction of sp³-hybridized carbons (Fsp3) is 0.474. The molecule has 3 N–H and O–H groups in total. The van der Waals surface area contributed by atoms with Crippen molar-refractivity contribution in [3.63, 3.8) is 0 Å². The third kappa shape index (κ3) is 4.79. The number of nitrogens with one attached hydrogen (secondary N) is 3. The van der Waals surface area contributed by atoms with E-state index in [2.05, 4.69) is 16.0 Å². The summed E-state index contributed by atoms with van der Waals surface area (Å²) in [5.41, 5.74) is 1.01. The van der Waals surface area contributed by atoms with E-state index in [9.17, 15) is 24.3 Å². The Balaban J connectivity index is 2.18. The molecule has 2 rings (SSSR count). The Hall–Kier alpha value is -3.10. The van der Waals surface area contributed by atoms with Gasteiger partial charge in [-0.2, -0.15) is 0 Å². The van der Waals surface area contributed by atoms with Crippen molar-refractivity contribution in [1.29, 1.82) is 0 Å². The molecule has 0 saturated carbocycles. The number of para-hydroxylation sites is 2. The normalized spacial score (nSPS) is 15.5. The Labute approximate surface area is 163 Å². The number of carbonyl (C=O) groups excluding carboxylic acids is 4. The maximum Gasteiger partial charge on any atom is 0.323 e. The van der Waals surface area contributed by atoms with Crippen LogP contribution in [-0.4, -0.2) is 42.4 Å². The van der Waals surface area contributed by atoms with Crippen molar-refractivity contribution in [2.45, 2.75) is 39.8 Å². The molecule has 2 atom stereocenters. The average molecular weight is 389 g/mol. The van der Waals surface area contributed by atoms with Gasteiger partial charge in [0.05, 0.1) is 23.4 Å². The lowest BCUT2D eigenvalue weighted by Crippen LogP contribution is -2.59. The van der Waals surface area contributed by atoms with Crippen molar-refractivity contribution in [3.05, 3.63) is 24.3 Å². The number of rotatable bonds is 6. The summed E-state index contributed by atoms with van der Waals surface area (Å²) < 4.78 is 0. The number of benzene rings is 1. The van der Waals surface area contributed by atoms with Crippen LogP contribution in [0.25, 0.3) is 0 Å². The molecule has 152 valence electrons. The van der Waals surface area contributed by atoms with Crippen molar-refractivity contribution in [2.75, 3.05) is 16.8 Å². The van der Waals surface area contributed by atoms with Gasteiger partial charge in [0, 0.05) is 0 Å². The highest BCUT2D eigenvalue weighted by molar-refractivity contribution is 6.10. The van der Waals surface area contributed by atoms with Gasteiger partial charge >= 0.3 is 6.03 Å². The quantitative estimate of drug-likeness (QED) is 0.634. The molecule has 0 bridgehead atoms. The summed E-state index contributed by atoms with van der Waals surface area (Å²) in [6, 6.07) is 4.05. The third-order valence-electron chi connectivity index (χ3n) is 4.46. The Kier molecular flexibility index (Phi) is 6.61. The molecule has 0 aliphatic carbocycles. The van der Waals surface area contributed by atoms with Crippen LogP contribution >= 0.6 is 0 Å². The van der Waals surface area contributed by atoms with Crippen molar-refractivity contribution in [2.24, 2.45) is 11.8 Å². The van der Waals surface area contributed by atoms with E-state index in [0.29, 0.717) is 11.4 Å². The summed E-state index contributed by atoms with van der Waals surface area (Å²) in [5, 5.41) is 19.0. The van der Waals surface area contributed by atoms with Crippen molar-refractivity contribution >= 4 is 35.2 Å². The minimum Gasteiger partial charge on any atom is -0.548 e. The first kappa shape index (κ1) is 21.2. The number of carboxylic acids is 1. The number of hydrogen-bond donors (Lipinski definition) is 3. The molecule has 0 fully saturated rings. The third-order valence-corrected chi connectivity index (χ3v) is 4.46. The van der Waals surface area contributed by atoms with Crippen molar-refractivity contribution in [1.82, 2.24) is 10.6 Å². The summed E-state index contributed by atoms with van der Waals surface area (Å²) in [4.78, 5) is 49.8. The number of carbonyl (C=O) groups is 4. The number of anilines is 2. The number of amides is 4. The fourth-order valence-electron chi connectivity index (χ4n) is 2.90. The lowest BCUT2D eigenvalue weighted by atomic mass is 10.0. The lowest BCUT2D eigenvalue weighted by molar-refractivity contribution is -0.309. The van der Waals surface area contributed by atoms with Gasteiger partial charge in [-0.15, -0.1) is 0 Å². The number of carboxylic acid groups (broad SMARTS) is 1. The van der Waals surface area contributed by atoms with E-state index >= 15 is 0 Å². The van der Waals surface area contributed by atoms with Gasteiger partial charge < -0.3 is 25.9 Å². The van der Waals surface area contributed by atoms with Crippen LogP contribution in [0.3, 0.4) is 0 Å². The highest BCUT2D eigenvalue weighted by atomic mass is 16.4. The van der Waals surface area contributed by atoms with Crippen LogP contribution in [0.1, 0.15) is 27.7 Å². The topological polar surface area (TPSA) is 131 Å². The molecule has 1 heterocycles. The van der Waals surface area contributed by atoms with Gasteiger partial charge in [-0.25, -0.2) is 4.79 Å². The van der Waals surface area contributed by atoms with Crippen LogP contribution in [-0.2, 0) is 14.4 Å². The Morgan fingerprint density at radius 1 is 1.04 bits per heavy atom. The highest BCUT2D eigenvalue weighted by Gasteiger charge is 2.32. The van der Waals surface area contributed by atoms with Gasteiger partial charge in [0.1, 0.15) is 12.6 Å². The minimum absolute atomic E-state index is 0.192. The molecular formula is C19H25N4O5-. The van der Waals surface area contributed by atoms with Gasteiger partial charge in [-0.1, -0.05) is 39.8 Å². The molecule has 0 spiro atoms. The Bertz CT molecular complexity index is 777. The van der Waals surface area contributed by atoms with Crippen molar-refractivity contribution < 1.29 is 24.3 Å². The number of hydrogen-bond acceptors (Lipinski definition) is 5. The zero-order valence-corrected chi connectivity index (χ0v) is 16.3. The van der Waals surface area contributed by atoms with Gasteiger partial charge in [-0.05, 0) is 24.0 Å². The first-order valence-electron chi connectivity index (χ1n) is 9.10. The van der Waals surface area contributed by atoms with Crippen LogP contribution in [0, 0.1) is 11.8 Å². The van der Waals surface area contributed by atoms with E-state index in [1.165, 1.54) is 4.90 Å². The molecule has 9 heteroatoms. The van der Waals surface area contributed by atoms with E-state index in [0.717, 1.165) is 0 Å². The Morgan fingerprint density at radius 2 is 1.64 bits per heavy atom. The van der Waals surface area contributed by atoms with E-state index in [1.807, 2.05) is 0 Å². The zero-order valence-electron chi connectivity index (χ0n) is 16.3. The van der Waals surface area contributed by atoms with E-state index in [1.54, 1.807) is 52.0 Å². The maximum atomic E-state index is 12.8. The lowest BCUT2D eigenvalue weighted by Gasteiger charge is -2.32. The number of nitrogens with zero attached hydrogens (tertiary/aromatic N) is 1. The maximum absolute atomic E-state index is 12.8. The number of urea groups is 1. The van der Waals surface area contributed by atoms with Gasteiger partial charge in [0.2, 0.25) is 11.8 Å². The molecular weight excluding hydrogens is 364 g/mol. The Morgan fingerprint density at radius 3 is 2.21 bits per heavy atom. The second-order valence-corrected chi connectivity index (χ2v) is 7.37. The molecule has 1 aliphatic heterocycles. The second kappa shape index (κ2) is 8.73. The van der Waals surface area contributed by atoms with Gasteiger partial charge in [-0.3, -0.25) is 14.5 Å². The first-order valence-corrected chi connectivity index (χ1v) is 9.10. The fourth-order valence-corrected chi connectivity index (χ4v) is 2.90. The summed E-state index contributed by atoms with van der Waals surface area (Å²) >= 11 is 0. The van der Waals surface area contributed by atoms with Crippen molar-refractivity contribution in [3.8, 4) is 0 Å². The molecule has 1 aromatic carbocycles. The predicted molar refractivity (Wildman–Crippen MR) is 101 cm³/mol. The summed E-state index contributed by atoms with van der Waals surface area (Å²) in [5.74, 6) is -3.06. The molecule has 28 heavy (non-hydrogen) atoms. The SMILES string of the molecule is CC(C)[C@H](NC(=O)N1CC(=O)Nc2ccccc21)C(=O)N[C@@H](C(=O)[O-])C(C)C. The largest absolute Gasteiger partial charge is 0.548 e. The van der Waals surface area contributed by atoms with Crippen LogP contribution in [0.15, 0.2) is 24.3 Å². The molecule has 4 amide bonds. The van der Waals surface area contributed by atoms with Crippen LogP contribution < -0.4 is 26.0 Å². The summed E-state index contributed by atoms with van der Waals surface area (Å²) in [7, 11) is 0. The predicted octanol–water partition coefficient (Wildman–Crippen LogP) is 0.0700. The van der Waals surface area contributed by atoms with Crippen LogP contribution in [0.5, 0.6) is 0 Å². The van der Waals surface area contributed by atoms with Gasteiger partial charge in [0.15, 0.2) is 0 Å².